The number of aromatic nitrogens is 3. The van der Waals surface area contributed by atoms with Gasteiger partial charge in [0, 0.05) is 11.6 Å². The molecule has 0 spiro atoms. The number of sulfonamides is 1. The number of benzene rings is 1. The van der Waals surface area contributed by atoms with Gasteiger partial charge in [0.15, 0.2) is 0 Å². The highest BCUT2D eigenvalue weighted by Gasteiger charge is 2.24. The Balaban J connectivity index is 2.06. The molecule has 9 nitrogen and oxygen atoms in total. The maximum Gasteiger partial charge on any atom is 0.267 e. The van der Waals surface area contributed by atoms with Crippen LogP contribution in [0.3, 0.4) is 0 Å². The van der Waals surface area contributed by atoms with Crippen LogP contribution in [0.25, 0.3) is 10.9 Å². The third kappa shape index (κ3) is 2.77. The molecule has 0 fully saturated rings. The summed E-state index contributed by atoms with van der Waals surface area (Å²) in [4.78, 5) is 2.75. The summed E-state index contributed by atoms with van der Waals surface area (Å²) in [5.74, 6) is -0.0633. The fourth-order valence-electron chi connectivity index (χ4n) is 2.78. The molecule has 1 unspecified atom stereocenters. The number of anilines is 2. The zero-order valence-electron chi connectivity index (χ0n) is 14.2. The average Bonchev–Trinajstić information content (AvgIpc) is 3.21. The SMILES string of the molecule is Cc1ccc(NS(=O)(=O)c2cnn(C(C)CO)c2N)c2[nH]cc(C#N)c12. The first-order valence-electron chi connectivity index (χ1n) is 7.77. The summed E-state index contributed by atoms with van der Waals surface area (Å²) < 4.78 is 29.3. The van der Waals surface area contributed by atoms with Crippen molar-refractivity contribution >= 4 is 32.4 Å². The van der Waals surface area contributed by atoms with E-state index >= 15 is 0 Å². The van der Waals surface area contributed by atoms with Gasteiger partial charge in [0.1, 0.15) is 16.8 Å². The van der Waals surface area contributed by atoms with E-state index in [9.17, 15) is 18.8 Å². The minimum Gasteiger partial charge on any atom is -0.394 e. The van der Waals surface area contributed by atoms with Crippen LogP contribution in [0.4, 0.5) is 11.5 Å². The normalized spacial score (nSPS) is 12.8. The number of nitrogen functional groups attached to an aromatic ring is 1. The number of nitrogens with one attached hydrogen (secondary N) is 2. The molecule has 2 heterocycles. The fourth-order valence-corrected chi connectivity index (χ4v) is 3.91. The second-order valence-electron chi connectivity index (χ2n) is 5.97. The number of hydrogen-bond acceptors (Lipinski definition) is 6. The van der Waals surface area contributed by atoms with E-state index in [1.54, 1.807) is 19.1 Å². The molecular formula is C16H18N6O3S. The first-order valence-corrected chi connectivity index (χ1v) is 9.26. The van der Waals surface area contributed by atoms with E-state index in [1.165, 1.54) is 10.9 Å². The van der Waals surface area contributed by atoms with Crippen molar-refractivity contribution in [1.82, 2.24) is 14.8 Å². The number of nitrogens with zero attached hydrogens (tertiary/aromatic N) is 3. The van der Waals surface area contributed by atoms with Gasteiger partial charge in [-0.1, -0.05) is 6.07 Å². The first kappa shape index (κ1) is 17.8. The molecule has 0 amide bonds. The number of hydrogen-bond donors (Lipinski definition) is 4. The Hall–Kier alpha value is -3.03. The van der Waals surface area contributed by atoms with Gasteiger partial charge in [-0.2, -0.15) is 10.4 Å². The topological polar surface area (TPSA) is 150 Å². The minimum absolute atomic E-state index is 0.0633. The molecule has 0 aliphatic rings. The third-order valence-electron chi connectivity index (χ3n) is 4.18. The van der Waals surface area contributed by atoms with Crippen molar-refractivity contribution in [3.63, 3.8) is 0 Å². The largest absolute Gasteiger partial charge is 0.394 e. The zero-order chi connectivity index (χ0) is 19.1. The van der Waals surface area contributed by atoms with Crippen molar-refractivity contribution in [3.05, 3.63) is 35.7 Å². The lowest BCUT2D eigenvalue weighted by Gasteiger charge is -2.12. The number of aryl methyl sites for hydroxylation is 1. The van der Waals surface area contributed by atoms with E-state index in [4.69, 9.17) is 5.73 Å². The van der Waals surface area contributed by atoms with Crippen molar-refractivity contribution in [2.24, 2.45) is 0 Å². The van der Waals surface area contributed by atoms with Crippen molar-refractivity contribution in [2.75, 3.05) is 17.1 Å². The highest BCUT2D eigenvalue weighted by Crippen LogP contribution is 2.31. The van der Waals surface area contributed by atoms with Gasteiger partial charge < -0.3 is 15.8 Å². The molecule has 1 aromatic carbocycles. The van der Waals surface area contributed by atoms with Gasteiger partial charge in [0.05, 0.1) is 35.6 Å². The lowest BCUT2D eigenvalue weighted by molar-refractivity contribution is 0.231. The Kier molecular flexibility index (Phi) is 4.35. The molecule has 3 aromatic rings. The molecule has 0 saturated heterocycles. The van der Waals surface area contributed by atoms with Gasteiger partial charge in [-0.15, -0.1) is 0 Å². The van der Waals surface area contributed by atoms with Gasteiger partial charge in [0.2, 0.25) is 0 Å². The minimum atomic E-state index is -4.01. The van der Waals surface area contributed by atoms with Gasteiger partial charge >= 0.3 is 0 Å². The van der Waals surface area contributed by atoms with Crippen LogP contribution >= 0.6 is 0 Å². The molecule has 0 bridgehead atoms. The van der Waals surface area contributed by atoms with Crippen molar-refractivity contribution in [1.29, 1.82) is 5.26 Å². The third-order valence-corrected chi connectivity index (χ3v) is 5.56. The summed E-state index contributed by atoms with van der Waals surface area (Å²) in [6, 6.07) is 4.97. The molecule has 0 aliphatic heterocycles. The number of rotatable bonds is 5. The van der Waals surface area contributed by atoms with Gasteiger partial charge in [-0.05, 0) is 25.5 Å². The van der Waals surface area contributed by atoms with E-state index in [2.05, 4.69) is 20.9 Å². The predicted octanol–water partition coefficient (Wildman–Crippen LogP) is 1.48. The van der Waals surface area contributed by atoms with Crippen LogP contribution in [0.1, 0.15) is 24.1 Å². The monoisotopic (exact) mass is 374 g/mol. The number of H-pyrrole nitrogens is 1. The first-order chi connectivity index (χ1) is 12.3. The highest BCUT2D eigenvalue weighted by atomic mass is 32.2. The molecule has 0 saturated carbocycles. The van der Waals surface area contributed by atoms with Crippen LogP contribution in [0.5, 0.6) is 0 Å². The summed E-state index contributed by atoms with van der Waals surface area (Å²) in [6.07, 6.45) is 2.68. The summed E-state index contributed by atoms with van der Waals surface area (Å²) in [5, 5.41) is 23.0. The second kappa shape index (κ2) is 6.36. The second-order valence-corrected chi connectivity index (χ2v) is 7.62. The van der Waals surface area contributed by atoms with E-state index in [1.807, 2.05) is 6.92 Å². The molecule has 136 valence electrons. The predicted molar refractivity (Wildman–Crippen MR) is 97.0 cm³/mol. The smallest absolute Gasteiger partial charge is 0.267 e. The number of aromatic amines is 1. The summed E-state index contributed by atoms with van der Waals surface area (Å²) >= 11 is 0. The molecule has 0 aliphatic carbocycles. The van der Waals surface area contributed by atoms with Crippen LogP contribution in [0.15, 0.2) is 29.4 Å². The number of nitriles is 1. The maximum absolute atomic E-state index is 12.8. The van der Waals surface area contributed by atoms with Crippen LogP contribution in [-0.2, 0) is 10.0 Å². The fraction of sp³-hybridized carbons (Fsp3) is 0.250. The number of aliphatic hydroxyl groups excluding tert-OH is 1. The summed E-state index contributed by atoms with van der Waals surface area (Å²) in [6.45, 7) is 3.28. The van der Waals surface area contributed by atoms with Crippen LogP contribution in [-0.4, -0.2) is 34.9 Å². The molecule has 10 heteroatoms. The highest BCUT2D eigenvalue weighted by molar-refractivity contribution is 7.92. The van der Waals surface area contributed by atoms with Crippen LogP contribution in [0, 0.1) is 18.3 Å². The Morgan fingerprint density at radius 3 is 2.88 bits per heavy atom. The molecule has 2 aromatic heterocycles. The van der Waals surface area contributed by atoms with Crippen molar-refractivity contribution in [3.8, 4) is 6.07 Å². The Morgan fingerprint density at radius 2 is 2.23 bits per heavy atom. The maximum atomic E-state index is 12.8. The van der Waals surface area contributed by atoms with Crippen LogP contribution in [0.2, 0.25) is 0 Å². The molecule has 5 N–H and O–H groups in total. The van der Waals surface area contributed by atoms with Gasteiger partial charge in [-0.3, -0.25) is 4.72 Å². The van der Waals surface area contributed by atoms with Crippen LogP contribution < -0.4 is 10.5 Å². The lowest BCUT2D eigenvalue weighted by Crippen LogP contribution is -2.17. The van der Waals surface area contributed by atoms with Crippen molar-refractivity contribution in [2.45, 2.75) is 24.8 Å². The Bertz CT molecular complexity index is 1120. The average molecular weight is 374 g/mol. The van der Waals surface area contributed by atoms with Gasteiger partial charge in [0.25, 0.3) is 10.0 Å². The number of fused-ring (bicyclic) bond motifs is 1. The summed E-state index contributed by atoms with van der Waals surface area (Å²) in [5.41, 5.74) is 8.00. The lowest BCUT2D eigenvalue weighted by atomic mass is 10.1. The standard InChI is InChI=1S/C16H18N6O3S/c1-9-3-4-12(15-14(9)11(5-17)6-19-15)21-26(24,25)13-7-20-22(16(13)18)10(2)8-23/h3-4,6-7,10,19,21,23H,8,18H2,1-2H3. The van der Waals surface area contributed by atoms with E-state index < -0.39 is 16.1 Å². The van der Waals surface area contributed by atoms with Crippen molar-refractivity contribution < 1.29 is 13.5 Å². The summed E-state index contributed by atoms with van der Waals surface area (Å²) in [7, 11) is -4.01. The number of nitrogens with two attached hydrogens (primary N) is 1. The Labute approximate surface area is 150 Å². The molecule has 0 radical (unpaired) electrons. The quantitative estimate of drug-likeness (QED) is 0.531. The Morgan fingerprint density at radius 1 is 1.50 bits per heavy atom. The van der Waals surface area contributed by atoms with Gasteiger partial charge in [-0.25, -0.2) is 13.1 Å². The molecular weight excluding hydrogens is 356 g/mol. The van der Waals surface area contributed by atoms with E-state index in [-0.39, 0.29) is 17.3 Å². The molecule has 26 heavy (non-hydrogen) atoms. The zero-order valence-corrected chi connectivity index (χ0v) is 15.0. The van der Waals surface area contributed by atoms with E-state index in [0.717, 1.165) is 11.8 Å². The molecule has 3 rings (SSSR count). The van der Waals surface area contributed by atoms with E-state index in [0.29, 0.717) is 22.2 Å². The number of aliphatic hydroxyl groups is 1. The molecule has 1 atom stereocenters.